The molecule has 0 spiro atoms. The summed E-state index contributed by atoms with van der Waals surface area (Å²) >= 11 is 8.91. The number of carboxylic acids is 1. The van der Waals surface area contributed by atoms with Gasteiger partial charge in [0.1, 0.15) is 0 Å². The Hall–Kier alpha value is -0.630. The minimum absolute atomic E-state index is 0.0216. The summed E-state index contributed by atoms with van der Waals surface area (Å²) < 4.78 is 27.3. The summed E-state index contributed by atoms with van der Waals surface area (Å²) in [6.45, 7) is 1.80. The highest BCUT2D eigenvalue weighted by Gasteiger charge is 2.31. The molecule has 1 saturated carbocycles. The third-order valence-electron chi connectivity index (χ3n) is 3.21. The smallest absolute Gasteiger partial charge is 0.337 e. The molecule has 20 heavy (non-hydrogen) atoms. The molecule has 1 aromatic rings. The van der Waals surface area contributed by atoms with Crippen LogP contribution in [0.1, 0.15) is 30.1 Å². The van der Waals surface area contributed by atoms with Gasteiger partial charge in [0, 0.05) is 10.5 Å². The number of hydrogen-bond donors (Lipinski definition) is 2. The molecule has 1 aliphatic rings. The number of nitrogens with one attached hydrogen (secondary N) is 1. The topological polar surface area (TPSA) is 83.5 Å². The molecule has 1 unspecified atom stereocenters. The van der Waals surface area contributed by atoms with Crippen molar-refractivity contribution >= 4 is 43.5 Å². The van der Waals surface area contributed by atoms with Gasteiger partial charge in [0.05, 0.1) is 15.5 Å². The summed E-state index contributed by atoms with van der Waals surface area (Å²) in [6, 6.07) is 2.21. The summed E-state index contributed by atoms with van der Waals surface area (Å²) in [6.07, 6.45) is 2.02. The predicted molar refractivity (Wildman–Crippen MR) is 78.6 cm³/mol. The van der Waals surface area contributed by atoms with E-state index in [0.29, 0.717) is 5.92 Å². The Kier molecular flexibility index (Phi) is 4.44. The van der Waals surface area contributed by atoms with Gasteiger partial charge < -0.3 is 5.11 Å². The Morgan fingerprint density at radius 1 is 1.50 bits per heavy atom. The van der Waals surface area contributed by atoms with Crippen LogP contribution in [0.15, 0.2) is 21.5 Å². The number of sulfonamides is 1. The Labute approximate surface area is 130 Å². The van der Waals surface area contributed by atoms with E-state index in [1.807, 2.05) is 0 Å². The van der Waals surface area contributed by atoms with E-state index < -0.39 is 16.0 Å². The summed E-state index contributed by atoms with van der Waals surface area (Å²) in [5.41, 5.74) is -0.250. The van der Waals surface area contributed by atoms with Gasteiger partial charge in [0.25, 0.3) is 0 Å². The number of carboxylic acid groups (broad SMARTS) is 1. The fourth-order valence-electron chi connectivity index (χ4n) is 1.88. The lowest BCUT2D eigenvalue weighted by molar-refractivity contribution is 0.0696. The minimum atomic E-state index is -3.76. The van der Waals surface area contributed by atoms with Crippen molar-refractivity contribution in [3.63, 3.8) is 0 Å². The molecule has 1 fully saturated rings. The van der Waals surface area contributed by atoms with Crippen molar-refractivity contribution in [2.24, 2.45) is 5.92 Å². The number of halogens is 2. The molecule has 0 radical (unpaired) electrons. The van der Waals surface area contributed by atoms with Crippen LogP contribution in [0.3, 0.4) is 0 Å². The van der Waals surface area contributed by atoms with Crippen molar-refractivity contribution in [3.05, 3.63) is 27.2 Å². The molecule has 110 valence electrons. The molecular formula is C12H13BrClNO4S. The maximum absolute atomic E-state index is 12.2. The van der Waals surface area contributed by atoms with Crippen LogP contribution in [0, 0.1) is 5.92 Å². The second-order valence-electron chi connectivity index (χ2n) is 4.82. The SMILES string of the molecule is CC(NS(=O)(=O)c1cc(Br)c(Cl)c(C(=O)O)c1)C1CC1. The average Bonchev–Trinajstić information content (AvgIpc) is 3.15. The maximum atomic E-state index is 12.2. The van der Waals surface area contributed by atoms with E-state index in [1.165, 1.54) is 6.07 Å². The van der Waals surface area contributed by atoms with Gasteiger partial charge in [-0.05, 0) is 53.7 Å². The maximum Gasteiger partial charge on any atom is 0.337 e. The standard InChI is InChI=1S/C12H13BrClNO4S/c1-6(7-2-3-7)15-20(18,19)8-4-9(12(16)17)11(14)10(13)5-8/h4-7,15H,2-3H2,1H3,(H,16,17). The monoisotopic (exact) mass is 381 g/mol. The van der Waals surface area contributed by atoms with E-state index in [0.717, 1.165) is 18.9 Å². The van der Waals surface area contributed by atoms with Crippen molar-refractivity contribution in [1.82, 2.24) is 4.72 Å². The molecule has 0 aliphatic heterocycles. The van der Waals surface area contributed by atoms with Crippen LogP contribution in [0.2, 0.25) is 5.02 Å². The highest BCUT2D eigenvalue weighted by atomic mass is 79.9. The van der Waals surface area contributed by atoms with E-state index >= 15 is 0 Å². The molecule has 8 heteroatoms. The fraction of sp³-hybridized carbons (Fsp3) is 0.417. The van der Waals surface area contributed by atoms with Crippen molar-refractivity contribution in [1.29, 1.82) is 0 Å². The third-order valence-corrected chi connectivity index (χ3v) is 6.01. The molecule has 0 amide bonds. The quantitative estimate of drug-likeness (QED) is 0.820. The van der Waals surface area contributed by atoms with Crippen molar-refractivity contribution < 1.29 is 18.3 Å². The van der Waals surface area contributed by atoms with E-state index in [2.05, 4.69) is 20.7 Å². The molecule has 1 aromatic carbocycles. The Bertz CT molecular complexity index is 658. The zero-order valence-corrected chi connectivity index (χ0v) is 13.7. The molecule has 0 aromatic heterocycles. The zero-order chi connectivity index (χ0) is 15.1. The lowest BCUT2D eigenvalue weighted by atomic mass is 10.2. The minimum Gasteiger partial charge on any atom is -0.478 e. The Balaban J connectivity index is 2.38. The van der Waals surface area contributed by atoms with Crippen LogP contribution in [0.25, 0.3) is 0 Å². The molecule has 0 bridgehead atoms. The molecule has 1 aliphatic carbocycles. The Morgan fingerprint density at radius 2 is 2.10 bits per heavy atom. The highest BCUT2D eigenvalue weighted by molar-refractivity contribution is 9.10. The van der Waals surface area contributed by atoms with Crippen LogP contribution < -0.4 is 4.72 Å². The highest BCUT2D eigenvalue weighted by Crippen LogP contribution is 2.34. The fourth-order valence-corrected chi connectivity index (χ4v) is 4.05. The number of benzene rings is 1. The number of aromatic carboxylic acids is 1. The lowest BCUT2D eigenvalue weighted by Gasteiger charge is -2.14. The second-order valence-corrected chi connectivity index (χ2v) is 7.77. The molecule has 2 rings (SSSR count). The van der Waals surface area contributed by atoms with Gasteiger partial charge in [0.2, 0.25) is 10.0 Å². The van der Waals surface area contributed by atoms with Gasteiger partial charge in [-0.2, -0.15) is 0 Å². The lowest BCUT2D eigenvalue weighted by Crippen LogP contribution is -2.34. The molecule has 5 nitrogen and oxygen atoms in total. The summed E-state index contributed by atoms with van der Waals surface area (Å²) in [5.74, 6) is -0.914. The first kappa shape index (κ1) is 15.8. The number of hydrogen-bond acceptors (Lipinski definition) is 3. The molecule has 1 atom stereocenters. The van der Waals surface area contributed by atoms with Crippen molar-refractivity contribution in [3.8, 4) is 0 Å². The predicted octanol–water partition coefficient (Wildman–Crippen LogP) is 2.88. The van der Waals surface area contributed by atoms with Gasteiger partial charge in [-0.3, -0.25) is 0 Å². The zero-order valence-electron chi connectivity index (χ0n) is 10.6. The van der Waals surface area contributed by atoms with Crippen LogP contribution in [-0.2, 0) is 10.0 Å². The first-order valence-electron chi connectivity index (χ1n) is 5.97. The van der Waals surface area contributed by atoms with Gasteiger partial charge in [-0.15, -0.1) is 0 Å². The summed E-state index contributed by atoms with van der Waals surface area (Å²) in [7, 11) is -3.76. The van der Waals surface area contributed by atoms with Crippen LogP contribution in [-0.4, -0.2) is 25.5 Å². The molecular weight excluding hydrogens is 370 g/mol. The van der Waals surface area contributed by atoms with E-state index in [4.69, 9.17) is 16.7 Å². The first-order chi connectivity index (χ1) is 9.22. The third kappa shape index (κ3) is 3.33. The van der Waals surface area contributed by atoms with Gasteiger partial charge >= 0.3 is 5.97 Å². The van der Waals surface area contributed by atoms with E-state index in [1.54, 1.807) is 6.92 Å². The summed E-state index contributed by atoms with van der Waals surface area (Å²) in [5, 5.41) is 9.02. The first-order valence-corrected chi connectivity index (χ1v) is 8.62. The average molecular weight is 383 g/mol. The van der Waals surface area contributed by atoms with Crippen LogP contribution in [0.4, 0.5) is 0 Å². The van der Waals surface area contributed by atoms with Crippen LogP contribution in [0.5, 0.6) is 0 Å². The van der Waals surface area contributed by atoms with Gasteiger partial charge in [-0.1, -0.05) is 11.6 Å². The number of rotatable bonds is 5. The van der Waals surface area contributed by atoms with Gasteiger partial charge in [0.15, 0.2) is 0 Å². The normalized spacial score (nSPS) is 16.9. The van der Waals surface area contributed by atoms with Crippen molar-refractivity contribution in [2.45, 2.75) is 30.7 Å². The van der Waals surface area contributed by atoms with E-state index in [9.17, 15) is 13.2 Å². The molecule has 2 N–H and O–H groups in total. The summed E-state index contributed by atoms with van der Waals surface area (Å²) in [4.78, 5) is 11.0. The van der Waals surface area contributed by atoms with Crippen LogP contribution >= 0.6 is 27.5 Å². The van der Waals surface area contributed by atoms with Crippen molar-refractivity contribution in [2.75, 3.05) is 0 Å². The molecule has 0 saturated heterocycles. The second kappa shape index (κ2) is 5.63. The Morgan fingerprint density at radius 3 is 2.60 bits per heavy atom. The van der Waals surface area contributed by atoms with Gasteiger partial charge in [-0.25, -0.2) is 17.9 Å². The largest absolute Gasteiger partial charge is 0.478 e. The van der Waals surface area contributed by atoms with E-state index in [-0.39, 0.29) is 26.0 Å². The number of carbonyl (C=O) groups is 1. The molecule has 0 heterocycles.